The van der Waals surface area contributed by atoms with Crippen molar-refractivity contribution in [2.75, 3.05) is 25.0 Å². The van der Waals surface area contributed by atoms with E-state index in [1.54, 1.807) is 0 Å². The van der Waals surface area contributed by atoms with Gasteiger partial charge in [-0.3, -0.25) is 9.59 Å². The summed E-state index contributed by atoms with van der Waals surface area (Å²) in [6, 6.07) is 3.45. The van der Waals surface area contributed by atoms with Gasteiger partial charge < -0.3 is 15.5 Å². The maximum absolute atomic E-state index is 13.1. The molecule has 1 aromatic rings. The molecule has 1 heterocycles. The smallest absolute Gasteiger partial charge is 0.313 e. The molecule has 1 fully saturated rings. The SMILES string of the molecule is CC(C)N1CCC(CNC(=O)C(=O)Nc2ccc(F)c(F)c2)CC1. The number of halogens is 2. The molecule has 5 nitrogen and oxygen atoms in total. The highest BCUT2D eigenvalue weighted by Gasteiger charge is 2.22. The van der Waals surface area contributed by atoms with Gasteiger partial charge in [0.15, 0.2) is 11.6 Å². The van der Waals surface area contributed by atoms with E-state index >= 15 is 0 Å². The zero-order valence-electron chi connectivity index (χ0n) is 13.9. The number of nitrogens with zero attached hydrogens (tertiary/aromatic N) is 1. The Morgan fingerprint density at radius 2 is 1.83 bits per heavy atom. The second-order valence-electron chi connectivity index (χ2n) is 6.37. The predicted octanol–water partition coefficient (Wildman–Crippen LogP) is 2.14. The summed E-state index contributed by atoms with van der Waals surface area (Å²) in [4.78, 5) is 26.0. The highest BCUT2D eigenvalue weighted by atomic mass is 19.2. The molecule has 1 aromatic carbocycles. The van der Waals surface area contributed by atoms with Gasteiger partial charge >= 0.3 is 11.8 Å². The number of piperidine rings is 1. The molecule has 0 spiro atoms. The minimum absolute atomic E-state index is 0.0410. The zero-order valence-corrected chi connectivity index (χ0v) is 13.9. The molecule has 0 unspecified atom stereocenters. The Labute approximate surface area is 140 Å². The minimum atomic E-state index is -1.08. The van der Waals surface area contributed by atoms with Gasteiger partial charge in [-0.15, -0.1) is 0 Å². The van der Waals surface area contributed by atoms with E-state index in [4.69, 9.17) is 0 Å². The average molecular weight is 339 g/mol. The molecule has 24 heavy (non-hydrogen) atoms. The van der Waals surface area contributed by atoms with Crippen molar-refractivity contribution in [3.05, 3.63) is 29.8 Å². The van der Waals surface area contributed by atoms with E-state index in [-0.39, 0.29) is 5.69 Å². The first-order valence-electron chi connectivity index (χ1n) is 8.15. The summed E-state index contributed by atoms with van der Waals surface area (Å²) < 4.78 is 25.9. The number of amides is 2. The van der Waals surface area contributed by atoms with Gasteiger partial charge in [-0.2, -0.15) is 0 Å². The molecule has 2 amide bonds. The summed E-state index contributed by atoms with van der Waals surface area (Å²) in [5, 5.41) is 4.86. The van der Waals surface area contributed by atoms with Crippen molar-refractivity contribution in [2.24, 2.45) is 5.92 Å². The predicted molar refractivity (Wildman–Crippen MR) is 87.4 cm³/mol. The van der Waals surface area contributed by atoms with Crippen LogP contribution in [-0.4, -0.2) is 42.4 Å². The van der Waals surface area contributed by atoms with Crippen LogP contribution in [0, 0.1) is 17.6 Å². The van der Waals surface area contributed by atoms with Crippen LogP contribution in [0.2, 0.25) is 0 Å². The van der Waals surface area contributed by atoms with Gasteiger partial charge in [0.05, 0.1) is 0 Å². The van der Waals surface area contributed by atoms with Gasteiger partial charge in [0.1, 0.15) is 0 Å². The highest BCUT2D eigenvalue weighted by molar-refractivity contribution is 6.39. The fourth-order valence-electron chi connectivity index (χ4n) is 2.75. The number of benzene rings is 1. The van der Waals surface area contributed by atoms with E-state index in [9.17, 15) is 18.4 Å². The molecule has 0 aliphatic carbocycles. The molecule has 0 atom stereocenters. The molecule has 1 aliphatic heterocycles. The van der Waals surface area contributed by atoms with Crippen molar-refractivity contribution in [3.63, 3.8) is 0 Å². The van der Waals surface area contributed by atoms with Crippen LogP contribution >= 0.6 is 0 Å². The van der Waals surface area contributed by atoms with Gasteiger partial charge in [-0.25, -0.2) is 8.78 Å². The van der Waals surface area contributed by atoms with Crippen LogP contribution in [-0.2, 0) is 9.59 Å². The molecule has 0 saturated carbocycles. The first-order chi connectivity index (χ1) is 11.4. The van der Waals surface area contributed by atoms with E-state index in [2.05, 4.69) is 29.4 Å². The molecule has 2 rings (SSSR count). The lowest BCUT2D eigenvalue weighted by Crippen LogP contribution is -2.43. The van der Waals surface area contributed by atoms with Crippen molar-refractivity contribution in [2.45, 2.75) is 32.7 Å². The highest BCUT2D eigenvalue weighted by Crippen LogP contribution is 2.18. The first kappa shape index (κ1) is 18.3. The van der Waals surface area contributed by atoms with E-state index in [1.807, 2.05) is 0 Å². The number of rotatable bonds is 4. The van der Waals surface area contributed by atoms with E-state index in [1.165, 1.54) is 6.07 Å². The van der Waals surface area contributed by atoms with Crippen molar-refractivity contribution in [1.29, 1.82) is 0 Å². The number of anilines is 1. The third kappa shape index (κ3) is 4.99. The van der Waals surface area contributed by atoms with Crippen molar-refractivity contribution < 1.29 is 18.4 Å². The molecule has 132 valence electrons. The molecule has 7 heteroatoms. The van der Waals surface area contributed by atoms with E-state index in [0.29, 0.717) is 18.5 Å². The second kappa shape index (κ2) is 8.19. The fourth-order valence-corrected chi connectivity index (χ4v) is 2.75. The van der Waals surface area contributed by atoms with Crippen molar-refractivity contribution >= 4 is 17.5 Å². The van der Waals surface area contributed by atoms with Crippen LogP contribution in [0.15, 0.2) is 18.2 Å². The second-order valence-corrected chi connectivity index (χ2v) is 6.37. The Balaban J connectivity index is 1.76. The third-order valence-electron chi connectivity index (χ3n) is 4.31. The summed E-state index contributed by atoms with van der Waals surface area (Å²) in [6.45, 7) is 6.73. The lowest BCUT2D eigenvalue weighted by atomic mass is 9.96. The topological polar surface area (TPSA) is 61.4 Å². The molecule has 0 aromatic heterocycles. The zero-order chi connectivity index (χ0) is 17.7. The van der Waals surface area contributed by atoms with Gasteiger partial charge in [-0.05, 0) is 57.8 Å². The summed E-state index contributed by atoms with van der Waals surface area (Å²) >= 11 is 0. The van der Waals surface area contributed by atoms with E-state index in [0.717, 1.165) is 38.1 Å². The average Bonchev–Trinajstić information content (AvgIpc) is 2.56. The number of hydrogen-bond donors (Lipinski definition) is 2. The summed E-state index contributed by atoms with van der Waals surface area (Å²) in [5.41, 5.74) is 0.0410. The molecule has 2 N–H and O–H groups in total. The van der Waals surface area contributed by atoms with Crippen LogP contribution in [0.4, 0.5) is 14.5 Å². The largest absolute Gasteiger partial charge is 0.348 e. The van der Waals surface area contributed by atoms with Crippen LogP contribution < -0.4 is 10.6 Å². The standard InChI is InChI=1S/C17H23F2N3O2/c1-11(2)22-7-5-12(6-8-22)10-20-16(23)17(24)21-13-3-4-14(18)15(19)9-13/h3-4,9,11-12H,5-8,10H2,1-2H3,(H,20,23)(H,21,24). The number of likely N-dealkylation sites (tertiary alicyclic amines) is 1. The maximum atomic E-state index is 13.1. The van der Waals surface area contributed by atoms with Crippen molar-refractivity contribution in [1.82, 2.24) is 10.2 Å². The number of hydrogen-bond acceptors (Lipinski definition) is 3. The molecule has 1 saturated heterocycles. The monoisotopic (exact) mass is 339 g/mol. The number of carbonyl (C=O) groups excluding carboxylic acids is 2. The van der Waals surface area contributed by atoms with Gasteiger partial charge in [0.25, 0.3) is 0 Å². The fraction of sp³-hybridized carbons (Fsp3) is 0.529. The van der Waals surface area contributed by atoms with Crippen LogP contribution in [0.5, 0.6) is 0 Å². The van der Waals surface area contributed by atoms with Crippen LogP contribution in [0.1, 0.15) is 26.7 Å². The molecule has 0 bridgehead atoms. The Kier molecular flexibility index (Phi) is 6.25. The summed E-state index contributed by atoms with van der Waals surface area (Å²) in [6.07, 6.45) is 1.95. The molecule has 0 radical (unpaired) electrons. The van der Waals surface area contributed by atoms with Gasteiger partial charge in [-0.1, -0.05) is 0 Å². The number of nitrogens with one attached hydrogen (secondary N) is 2. The lowest BCUT2D eigenvalue weighted by Gasteiger charge is -2.34. The minimum Gasteiger partial charge on any atom is -0.348 e. The molecule has 1 aliphatic rings. The Morgan fingerprint density at radius 1 is 1.17 bits per heavy atom. The van der Waals surface area contributed by atoms with Crippen LogP contribution in [0.25, 0.3) is 0 Å². The molecular weight excluding hydrogens is 316 g/mol. The van der Waals surface area contributed by atoms with Crippen molar-refractivity contribution in [3.8, 4) is 0 Å². The Hall–Kier alpha value is -2.02. The first-order valence-corrected chi connectivity index (χ1v) is 8.15. The Bertz CT molecular complexity index is 599. The lowest BCUT2D eigenvalue weighted by molar-refractivity contribution is -0.136. The summed E-state index contributed by atoms with van der Waals surface area (Å²) in [7, 11) is 0. The Morgan fingerprint density at radius 3 is 2.42 bits per heavy atom. The maximum Gasteiger partial charge on any atom is 0.313 e. The molecular formula is C17H23F2N3O2. The third-order valence-corrected chi connectivity index (χ3v) is 4.31. The normalized spacial score (nSPS) is 16.2. The number of carbonyl (C=O) groups is 2. The van der Waals surface area contributed by atoms with Crippen LogP contribution in [0.3, 0.4) is 0 Å². The van der Waals surface area contributed by atoms with E-state index < -0.39 is 23.4 Å². The summed E-state index contributed by atoms with van der Waals surface area (Å²) in [5.74, 6) is -3.40. The van der Waals surface area contributed by atoms with Gasteiger partial charge in [0, 0.05) is 24.3 Å². The quantitative estimate of drug-likeness (QED) is 0.826. The van der Waals surface area contributed by atoms with Gasteiger partial charge in [0.2, 0.25) is 0 Å².